The van der Waals surface area contributed by atoms with Crippen molar-refractivity contribution in [3.63, 3.8) is 0 Å². The van der Waals surface area contributed by atoms with Gasteiger partial charge >= 0.3 is 112 Å². The van der Waals surface area contributed by atoms with Gasteiger partial charge in [-0.25, -0.2) is 6.08 Å². The predicted molar refractivity (Wildman–Crippen MR) is 252 cm³/mol. The molecule has 1 unspecified atom stereocenters. The zero-order valence-corrected chi connectivity index (χ0v) is 42.9. The van der Waals surface area contributed by atoms with Crippen LogP contribution in [-0.4, -0.2) is 3.21 Å². The predicted octanol–water partition coefficient (Wildman–Crippen LogP) is 9.71. The van der Waals surface area contributed by atoms with Gasteiger partial charge in [-0.3, -0.25) is 6.08 Å². The first-order valence-corrected chi connectivity index (χ1v) is 22.9. The quantitative estimate of drug-likeness (QED) is 0.154. The Balaban J connectivity index is 0.000000229. The number of hydrogen-bond donors (Lipinski definition) is 0. The molecule has 0 aromatic heterocycles. The second-order valence-corrected chi connectivity index (χ2v) is 23.0. The van der Waals surface area contributed by atoms with Gasteiger partial charge in [0.2, 0.25) is 0 Å². The molecule has 60 heavy (non-hydrogen) atoms. The van der Waals surface area contributed by atoms with Crippen LogP contribution in [0.3, 0.4) is 0 Å². The van der Waals surface area contributed by atoms with Crippen molar-refractivity contribution in [2.75, 3.05) is 0 Å². The average molecular weight is 915 g/mol. The molecular formula is C57H68Cl2Zr-2. The molecule has 3 aliphatic carbocycles. The van der Waals surface area contributed by atoms with E-state index in [0.717, 1.165) is 12.8 Å². The Morgan fingerprint density at radius 1 is 0.617 bits per heavy atom. The fraction of sp³-hybridized carbons (Fsp3) is 0.404. The Hall–Kier alpha value is -2.96. The van der Waals surface area contributed by atoms with Crippen LogP contribution in [0.15, 0.2) is 121 Å². The summed E-state index contributed by atoms with van der Waals surface area (Å²) < 4.78 is 1.60. The summed E-state index contributed by atoms with van der Waals surface area (Å²) in [6, 6.07) is 33.7. The first-order valence-electron chi connectivity index (χ1n) is 21.6. The fourth-order valence-corrected chi connectivity index (χ4v) is 9.85. The molecule has 0 saturated carbocycles. The zero-order chi connectivity index (χ0) is 42.4. The molecule has 0 fully saturated rings. The van der Waals surface area contributed by atoms with Crippen LogP contribution in [0.5, 0.6) is 0 Å². The number of fused-ring (bicyclic) bond motifs is 5. The van der Waals surface area contributed by atoms with Gasteiger partial charge in [0.1, 0.15) is 0 Å². The molecule has 0 amide bonds. The van der Waals surface area contributed by atoms with Crippen molar-refractivity contribution in [3.05, 3.63) is 160 Å². The minimum absolute atomic E-state index is 0. The number of allylic oxidation sites excluding steroid dienone is 8. The monoisotopic (exact) mass is 912 g/mol. The molecule has 0 heterocycles. The molecule has 5 aromatic rings. The number of halogens is 2. The van der Waals surface area contributed by atoms with Gasteiger partial charge in [-0.2, -0.15) is 11.6 Å². The van der Waals surface area contributed by atoms with E-state index < -0.39 is 0 Å². The van der Waals surface area contributed by atoms with Crippen LogP contribution in [0, 0.1) is 28.2 Å². The number of hydrogen-bond acceptors (Lipinski definition) is 0. The summed E-state index contributed by atoms with van der Waals surface area (Å²) in [5, 5.41) is 5.58. The summed E-state index contributed by atoms with van der Waals surface area (Å²) in [7, 11) is 0. The van der Waals surface area contributed by atoms with E-state index in [-0.39, 0.29) is 46.5 Å². The normalized spacial score (nSPS) is 17.2. The fourth-order valence-electron chi connectivity index (χ4n) is 8.85. The van der Waals surface area contributed by atoms with E-state index in [1.165, 1.54) is 78.1 Å². The molecule has 0 N–H and O–H groups in total. The summed E-state index contributed by atoms with van der Waals surface area (Å²) in [4.78, 5) is 0. The van der Waals surface area contributed by atoms with Gasteiger partial charge in [-0.15, -0.1) is 39.7 Å². The van der Waals surface area contributed by atoms with Crippen LogP contribution in [0.1, 0.15) is 137 Å². The Kier molecular flexibility index (Phi) is 15.6. The second-order valence-electron chi connectivity index (χ2n) is 21.3. The molecule has 0 aliphatic heterocycles. The standard InChI is InChI=1S/C31H37.C15H14.C11H17.2ClH.Zr/c1-28(2,3)26-16-30(7,8)24-12-18-11-19-13-25-23(15-21(19)20(18)14-22(24)26)27(29(4,5)6)17-31(25,9)10;1-3-8-14(9-4-1)12-7-13-15-10-5-2-6-11-15;1-5-9-6-7-10(8-9)11(2,3)4;;;/h11-17H,1-10H3;1-6,8-11H,12-13H2;7-9H,5H2,1-4H3;2*1H;/q-1;;-1;;;+2/p-2. The average Bonchev–Trinajstić information content (AvgIpc) is 3.89. The molecule has 1 atom stereocenters. The van der Waals surface area contributed by atoms with E-state index in [4.69, 9.17) is 0 Å². The summed E-state index contributed by atoms with van der Waals surface area (Å²) in [5.74, 6) is 0.573. The molecule has 8 rings (SSSR count). The number of benzene rings is 4. The van der Waals surface area contributed by atoms with Crippen molar-refractivity contribution in [2.45, 2.75) is 127 Å². The minimum atomic E-state index is 0. The van der Waals surface area contributed by atoms with Gasteiger partial charge in [0.15, 0.2) is 0 Å². The molecule has 3 heteroatoms. The maximum atomic E-state index is 3.35. The van der Waals surface area contributed by atoms with Crippen molar-refractivity contribution in [2.24, 2.45) is 22.2 Å². The van der Waals surface area contributed by atoms with Crippen molar-refractivity contribution >= 4 is 35.9 Å². The zero-order valence-electron chi connectivity index (χ0n) is 38.9. The Labute approximate surface area is 391 Å². The molecular weight excluding hydrogens is 847 g/mol. The topological polar surface area (TPSA) is 0 Å². The van der Waals surface area contributed by atoms with E-state index in [0.29, 0.717) is 11.3 Å². The summed E-state index contributed by atoms with van der Waals surface area (Å²) in [5.41, 5.74) is 13.9. The third-order valence-electron chi connectivity index (χ3n) is 12.2. The van der Waals surface area contributed by atoms with E-state index >= 15 is 0 Å². The molecule has 5 aromatic carbocycles. The van der Waals surface area contributed by atoms with Crippen molar-refractivity contribution < 1.29 is 49.0 Å². The van der Waals surface area contributed by atoms with Crippen molar-refractivity contribution in [3.8, 4) is 0 Å². The van der Waals surface area contributed by atoms with Gasteiger partial charge in [-0.1, -0.05) is 150 Å². The van der Waals surface area contributed by atoms with Crippen molar-refractivity contribution in [1.82, 2.24) is 0 Å². The molecule has 0 saturated heterocycles. The third kappa shape index (κ3) is 11.2. The van der Waals surface area contributed by atoms with Crippen LogP contribution in [0.4, 0.5) is 0 Å². The molecule has 0 spiro atoms. The van der Waals surface area contributed by atoms with Gasteiger partial charge in [0.25, 0.3) is 0 Å². The van der Waals surface area contributed by atoms with Gasteiger partial charge in [0, 0.05) is 10.8 Å². The SMILES string of the molecule is CC(C)(C)C1=CC(C)(C)c2cc3[cH-]c4cc5c(cc4c3cc21)C(C(C)(C)C)=CC5(C)C.CCC1[C-]=CC(C(C)(C)C)=C1.[Cl-].[Cl-].[Zr+2]=[C](Cc1ccccc1)Cc1ccccc1. The molecule has 0 radical (unpaired) electrons. The van der Waals surface area contributed by atoms with Gasteiger partial charge in [0.05, 0.1) is 0 Å². The summed E-state index contributed by atoms with van der Waals surface area (Å²) >= 11 is 1.55. The van der Waals surface area contributed by atoms with Crippen LogP contribution in [0.2, 0.25) is 0 Å². The molecule has 0 nitrogen and oxygen atoms in total. The Morgan fingerprint density at radius 3 is 1.33 bits per heavy atom. The first kappa shape index (κ1) is 49.7. The van der Waals surface area contributed by atoms with Crippen molar-refractivity contribution in [1.29, 1.82) is 0 Å². The van der Waals surface area contributed by atoms with Gasteiger partial charge < -0.3 is 24.8 Å². The van der Waals surface area contributed by atoms with Gasteiger partial charge in [-0.05, 0) is 33.1 Å². The van der Waals surface area contributed by atoms with Crippen LogP contribution >= 0.6 is 0 Å². The van der Waals surface area contributed by atoms with E-state index in [1.54, 1.807) is 27.4 Å². The molecule has 0 bridgehead atoms. The maximum absolute atomic E-state index is 3.35. The third-order valence-corrected chi connectivity index (χ3v) is 13.1. The van der Waals surface area contributed by atoms with E-state index in [9.17, 15) is 0 Å². The summed E-state index contributed by atoms with van der Waals surface area (Å²) in [6.45, 7) is 32.4. The molecule has 3 aliphatic rings. The van der Waals surface area contributed by atoms with E-state index in [1.807, 2.05) is 0 Å². The molecule has 316 valence electrons. The van der Waals surface area contributed by atoms with E-state index in [2.05, 4.69) is 218 Å². The van der Waals surface area contributed by atoms with Crippen LogP contribution in [0.25, 0.3) is 32.7 Å². The van der Waals surface area contributed by atoms with Crippen LogP contribution in [-0.2, 0) is 47.9 Å². The second kappa shape index (κ2) is 18.8. The first-order chi connectivity index (χ1) is 27.0. The number of rotatable bonds is 5. The Bertz CT molecular complexity index is 2280. The van der Waals surface area contributed by atoms with Crippen LogP contribution < -0.4 is 24.8 Å². The summed E-state index contributed by atoms with van der Waals surface area (Å²) in [6.07, 6.45) is 16.2. The Morgan fingerprint density at radius 2 is 1.02 bits per heavy atom.